The van der Waals surface area contributed by atoms with Crippen molar-refractivity contribution in [2.45, 2.75) is 19.8 Å². The minimum atomic E-state index is -0.0561. The lowest BCUT2D eigenvalue weighted by Gasteiger charge is -2.10. The Morgan fingerprint density at radius 3 is 2.52 bits per heavy atom. The van der Waals surface area contributed by atoms with Crippen LogP contribution >= 0.6 is 22.9 Å². The van der Waals surface area contributed by atoms with Crippen molar-refractivity contribution >= 4 is 28.7 Å². The summed E-state index contributed by atoms with van der Waals surface area (Å²) in [6.45, 7) is 1.91. The summed E-state index contributed by atoms with van der Waals surface area (Å²) in [6, 6.07) is 16.4. The molecule has 0 aliphatic rings. The fourth-order valence-electron chi connectivity index (χ4n) is 3.16. The number of halogens is 1. The number of carbonyl (C=O) groups is 1. The van der Waals surface area contributed by atoms with Gasteiger partial charge in [-0.15, -0.1) is 11.3 Å². The van der Waals surface area contributed by atoms with Gasteiger partial charge in [-0.1, -0.05) is 17.7 Å². The lowest BCUT2D eigenvalue weighted by molar-refractivity contribution is 0.0986. The number of Topliss-reactive ketones (excluding diaryl/α,β-unsaturated/α-hetero) is 1. The SMILES string of the molecule is Cc1cccc(=O)n1-c1ccc(-n2cnc(CCC(=O)c3ccc(Cl)s3)c2)cc1. The number of hydrogen-bond acceptors (Lipinski definition) is 4. The Kier molecular flexibility index (Phi) is 5.47. The molecule has 4 rings (SSSR count). The second-order valence-electron chi connectivity index (χ2n) is 6.66. The number of pyridine rings is 1. The predicted octanol–water partition coefficient (Wildman–Crippen LogP) is 4.86. The van der Waals surface area contributed by atoms with Crippen LogP contribution in [0.4, 0.5) is 0 Å². The van der Waals surface area contributed by atoms with Gasteiger partial charge in [0.15, 0.2) is 5.78 Å². The highest BCUT2D eigenvalue weighted by atomic mass is 35.5. The van der Waals surface area contributed by atoms with E-state index < -0.39 is 0 Å². The summed E-state index contributed by atoms with van der Waals surface area (Å²) in [6.07, 6.45) is 4.61. The molecule has 7 heteroatoms. The summed E-state index contributed by atoms with van der Waals surface area (Å²) in [4.78, 5) is 29.5. The lowest BCUT2D eigenvalue weighted by atomic mass is 10.1. The van der Waals surface area contributed by atoms with E-state index in [1.165, 1.54) is 11.3 Å². The van der Waals surface area contributed by atoms with Gasteiger partial charge in [-0.3, -0.25) is 14.2 Å². The molecule has 1 aromatic carbocycles. The van der Waals surface area contributed by atoms with Gasteiger partial charge in [0.25, 0.3) is 5.56 Å². The van der Waals surface area contributed by atoms with Crippen LogP contribution in [0.5, 0.6) is 0 Å². The Balaban J connectivity index is 1.47. The van der Waals surface area contributed by atoms with Crippen LogP contribution in [-0.2, 0) is 6.42 Å². The molecule has 0 amide bonds. The molecule has 0 aliphatic heterocycles. The second kappa shape index (κ2) is 8.19. The number of rotatable bonds is 6. The first-order chi connectivity index (χ1) is 14.0. The zero-order valence-corrected chi connectivity index (χ0v) is 17.3. The van der Waals surface area contributed by atoms with Crippen LogP contribution in [0.1, 0.15) is 27.5 Å². The molecule has 0 unspecified atom stereocenters. The van der Waals surface area contributed by atoms with Crippen molar-refractivity contribution in [3.63, 3.8) is 0 Å². The van der Waals surface area contributed by atoms with Crippen LogP contribution in [0.15, 0.2) is 71.9 Å². The first kappa shape index (κ1) is 19.4. The maximum Gasteiger partial charge on any atom is 0.255 e. The van der Waals surface area contributed by atoms with Crippen LogP contribution in [0, 0.1) is 6.92 Å². The highest BCUT2D eigenvalue weighted by Gasteiger charge is 2.10. The number of aryl methyl sites for hydroxylation is 2. The van der Waals surface area contributed by atoms with Crippen molar-refractivity contribution in [3.8, 4) is 11.4 Å². The quantitative estimate of drug-likeness (QED) is 0.416. The normalized spacial score (nSPS) is 11.0. The zero-order chi connectivity index (χ0) is 20.4. The Labute approximate surface area is 176 Å². The van der Waals surface area contributed by atoms with Gasteiger partial charge >= 0.3 is 0 Å². The number of ketones is 1. The average molecular weight is 424 g/mol. The predicted molar refractivity (Wildman–Crippen MR) is 116 cm³/mol. The van der Waals surface area contributed by atoms with E-state index in [1.54, 1.807) is 35.2 Å². The number of hydrogen-bond donors (Lipinski definition) is 0. The van der Waals surface area contributed by atoms with Gasteiger partial charge in [-0.05, 0) is 55.8 Å². The third kappa shape index (κ3) is 4.23. The van der Waals surface area contributed by atoms with E-state index in [0.717, 1.165) is 22.8 Å². The molecule has 3 aromatic heterocycles. The van der Waals surface area contributed by atoms with Crippen LogP contribution in [-0.4, -0.2) is 19.9 Å². The van der Waals surface area contributed by atoms with E-state index in [1.807, 2.05) is 48.0 Å². The molecule has 4 aromatic rings. The van der Waals surface area contributed by atoms with Gasteiger partial charge < -0.3 is 4.57 Å². The van der Waals surface area contributed by atoms with Crippen molar-refractivity contribution in [1.29, 1.82) is 0 Å². The van der Waals surface area contributed by atoms with Gasteiger partial charge in [0, 0.05) is 35.8 Å². The van der Waals surface area contributed by atoms with Gasteiger partial charge in [0.2, 0.25) is 0 Å². The lowest BCUT2D eigenvalue weighted by Crippen LogP contribution is -2.18. The van der Waals surface area contributed by atoms with Crippen LogP contribution in [0.25, 0.3) is 11.4 Å². The number of thiophene rings is 1. The molecule has 0 bridgehead atoms. The topological polar surface area (TPSA) is 56.9 Å². The maximum absolute atomic E-state index is 12.2. The molecule has 0 fully saturated rings. The molecular weight excluding hydrogens is 406 g/mol. The van der Waals surface area contributed by atoms with Crippen LogP contribution in [0.2, 0.25) is 4.34 Å². The molecule has 0 aliphatic carbocycles. The van der Waals surface area contributed by atoms with E-state index in [-0.39, 0.29) is 11.3 Å². The third-order valence-electron chi connectivity index (χ3n) is 4.65. The average Bonchev–Trinajstić information content (AvgIpc) is 3.36. The summed E-state index contributed by atoms with van der Waals surface area (Å²) in [5, 5.41) is 0. The van der Waals surface area contributed by atoms with Crippen molar-refractivity contribution in [2.24, 2.45) is 0 Å². The molecule has 29 heavy (non-hydrogen) atoms. The molecule has 0 saturated carbocycles. The number of imidazole rings is 1. The molecule has 0 saturated heterocycles. The van der Waals surface area contributed by atoms with Crippen molar-refractivity contribution in [1.82, 2.24) is 14.1 Å². The summed E-state index contributed by atoms with van der Waals surface area (Å²) in [5.74, 6) is 0.0736. The number of nitrogens with zero attached hydrogens (tertiary/aromatic N) is 3. The molecule has 3 heterocycles. The number of aromatic nitrogens is 3. The van der Waals surface area contributed by atoms with E-state index in [9.17, 15) is 9.59 Å². The molecular formula is C22H18ClN3O2S. The van der Waals surface area contributed by atoms with E-state index in [0.29, 0.717) is 22.1 Å². The number of benzene rings is 1. The largest absolute Gasteiger partial charge is 0.306 e. The molecule has 0 atom stereocenters. The first-order valence-corrected chi connectivity index (χ1v) is 10.3. The molecule has 5 nitrogen and oxygen atoms in total. The summed E-state index contributed by atoms with van der Waals surface area (Å²) >= 11 is 7.19. The summed E-state index contributed by atoms with van der Waals surface area (Å²) in [5.41, 5.74) is 3.43. The van der Waals surface area contributed by atoms with Gasteiger partial charge in [0.05, 0.1) is 21.2 Å². The van der Waals surface area contributed by atoms with E-state index >= 15 is 0 Å². The summed E-state index contributed by atoms with van der Waals surface area (Å²) < 4.78 is 4.20. The molecule has 0 radical (unpaired) electrons. The fraction of sp³-hybridized carbons (Fsp3) is 0.136. The standard InChI is InChI=1S/C22H18ClN3O2S/c1-15-3-2-4-22(28)26(15)18-8-6-17(7-9-18)25-13-16(24-14-25)5-10-19(27)20-11-12-21(23)29-20/h2-4,6-9,11-14H,5,10H2,1H3. The third-order valence-corrected chi connectivity index (χ3v) is 5.92. The van der Waals surface area contributed by atoms with Crippen molar-refractivity contribution < 1.29 is 4.79 Å². The number of carbonyl (C=O) groups excluding carboxylic acids is 1. The van der Waals surface area contributed by atoms with Crippen LogP contribution < -0.4 is 5.56 Å². The minimum Gasteiger partial charge on any atom is -0.306 e. The Morgan fingerprint density at radius 1 is 1.07 bits per heavy atom. The Hall–Kier alpha value is -2.96. The highest BCUT2D eigenvalue weighted by Crippen LogP contribution is 2.23. The minimum absolute atomic E-state index is 0.0561. The van der Waals surface area contributed by atoms with Gasteiger partial charge in [-0.25, -0.2) is 4.98 Å². The maximum atomic E-state index is 12.2. The Bertz CT molecular complexity index is 1220. The molecule has 146 valence electrons. The van der Waals surface area contributed by atoms with Crippen molar-refractivity contribution in [3.05, 3.63) is 98.1 Å². The van der Waals surface area contributed by atoms with Crippen molar-refractivity contribution in [2.75, 3.05) is 0 Å². The van der Waals surface area contributed by atoms with Gasteiger partial charge in [0.1, 0.15) is 0 Å². The fourth-order valence-corrected chi connectivity index (χ4v) is 4.17. The molecule has 0 spiro atoms. The van der Waals surface area contributed by atoms with E-state index in [4.69, 9.17) is 11.6 Å². The Morgan fingerprint density at radius 2 is 1.83 bits per heavy atom. The van der Waals surface area contributed by atoms with E-state index in [2.05, 4.69) is 4.98 Å². The molecule has 0 N–H and O–H groups in total. The van der Waals surface area contributed by atoms with Crippen LogP contribution in [0.3, 0.4) is 0 Å². The highest BCUT2D eigenvalue weighted by molar-refractivity contribution is 7.18. The first-order valence-electron chi connectivity index (χ1n) is 9.12. The smallest absolute Gasteiger partial charge is 0.255 e. The second-order valence-corrected chi connectivity index (χ2v) is 8.37. The summed E-state index contributed by atoms with van der Waals surface area (Å²) in [7, 11) is 0. The zero-order valence-electron chi connectivity index (χ0n) is 15.7. The van der Waals surface area contributed by atoms with Gasteiger partial charge in [-0.2, -0.15) is 0 Å². The monoisotopic (exact) mass is 423 g/mol.